The molecule has 0 bridgehead atoms. The largest absolute Gasteiger partial charge is 0.288 e. The molecular formula is C6H10O2S2. The summed E-state index contributed by atoms with van der Waals surface area (Å²) in [4.78, 5) is 10.6. The van der Waals surface area contributed by atoms with Crippen LogP contribution in [0.15, 0.2) is 0 Å². The quantitative estimate of drug-likeness (QED) is 0.595. The van der Waals surface area contributed by atoms with Crippen LogP contribution < -0.4 is 0 Å². The standard InChI is InChI=1S/C6H10O2S2/c1-5(7)9-6-2-3-10(8)4-6/h6H,2-4H2,1H3/t6-,10?/m0/s1. The van der Waals surface area contributed by atoms with Crippen molar-refractivity contribution in [3.8, 4) is 0 Å². The predicted octanol–water partition coefficient (Wildman–Crippen LogP) is 0.787. The van der Waals surface area contributed by atoms with Gasteiger partial charge in [-0.1, -0.05) is 11.8 Å². The van der Waals surface area contributed by atoms with Crippen molar-refractivity contribution in [1.82, 2.24) is 0 Å². The lowest BCUT2D eigenvalue weighted by molar-refractivity contribution is -0.109. The zero-order valence-corrected chi connectivity index (χ0v) is 7.46. The van der Waals surface area contributed by atoms with Crippen molar-refractivity contribution in [2.75, 3.05) is 11.5 Å². The number of hydrogen-bond acceptors (Lipinski definition) is 3. The Morgan fingerprint density at radius 2 is 2.40 bits per heavy atom. The molecular weight excluding hydrogens is 168 g/mol. The smallest absolute Gasteiger partial charge is 0.186 e. The summed E-state index contributed by atoms with van der Waals surface area (Å²) in [5.41, 5.74) is 0. The van der Waals surface area contributed by atoms with E-state index < -0.39 is 10.8 Å². The molecule has 0 saturated carbocycles. The van der Waals surface area contributed by atoms with Gasteiger partial charge in [-0.15, -0.1) is 0 Å². The molecule has 2 atom stereocenters. The van der Waals surface area contributed by atoms with E-state index >= 15 is 0 Å². The molecule has 0 aliphatic carbocycles. The molecule has 1 aliphatic rings. The summed E-state index contributed by atoms with van der Waals surface area (Å²) in [6, 6.07) is 0. The Morgan fingerprint density at radius 1 is 1.70 bits per heavy atom. The Morgan fingerprint density at radius 3 is 2.80 bits per heavy atom. The van der Waals surface area contributed by atoms with Gasteiger partial charge >= 0.3 is 0 Å². The molecule has 1 unspecified atom stereocenters. The minimum atomic E-state index is -0.642. The summed E-state index contributed by atoms with van der Waals surface area (Å²) in [6.07, 6.45) is 0.941. The first-order valence-electron chi connectivity index (χ1n) is 3.20. The summed E-state index contributed by atoms with van der Waals surface area (Å²) in [5, 5.41) is 0.474. The van der Waals surface area contributed by atoms with Crippen molar-refractivity contribution in [2.45, 2.75) is 18.6 Å². The van der Waals surface area contributed by atoms with Gasteiger partial charge in [0.15, 0.2) is 5.12 Å². The molecule has 1 rings (SSSR count). The van der Waals surface area contributed by atoms with E-state index in [1.807, 2.05) is 0 Å². The fourth-order valence-electron chi connectivity index (χ4n) is 0.965. The number of hydrogen-bond donors (Lipinski definition) is 0. The van der Waals surface area contributed by atoms with E-state index in [0.29, 0.717) is 11.0 Å². The van der Waals surface area contributed by atoms with Gasteiger partial charge in [-0.2, -0.15) is 0 Å². The molecule has 1 heterocycles. The van der Waals surface area contributed by atoms with Crippen LogP contribution in [0.4, 0.5) is 0 Å². The van der Waals surface area contributed by atoms with Crippen LogP contribution in [0.1, 0.15) is 13.3 Å². The molecule has 0 aromatic carbocycles. The lowest BCUT2D eigenvalue weighted by atomic mass is 10.4. The molecule has 0 amide bonds. The lowest BCUT2D eigenvalue weighted by Crippen LogP contribution is -2.04. The van der Waals surface area contributed by atoms with Crippen LogP contribution in [-0.2, 0) is 15.6 Å². The van der Waals surface area contributed by atoms with Crippen molar-refractivity contribution < 1.29 is 9.00 Å². The summed E-state index contributed by atoms with van der Waals surface area (Å²) < 4.78 is 10.8. The average molecular weight is 178 g/mol. The maximum atomic E-state index is 10.8. The van der Waals surface area contributed by atoms with Crippen LogP contribution in [0, 0.1) is 0 Å². The van der Waals surface area contributed by atoms with E-state index in [9.17, 15) is 9.00 Å². The monoisotopic (exact) mass is 178 g/mol. The minimum absolute atomic E-state index is 0.143. The molecule has 4 heteroatoms. The number of carbonyl (C=O) groups excluding carboxylic acids is 1. The summed E-state index contributed by atoms with van der Waals surface area (Å²) >= 11 is 1.33. The fourth-order valence-corrected chi connectivity index (χ4v) is 3.84. The van der Waals surface area contributed by atoms with Crippen molar-refractivity contribution in [3.05, 3.63) is 0 Å². The van der Waals surface area contributed by atoms with E-state index in [-0.39, 0.29) is 5.12 Å². The molecule has 1 saturated heterocycles. The minimum Gasteiger partial charge on any atom is -0.288 e. The first-order valence-corrected chi connectivity index (χ1v) is 5.57. The van der Waals surface area contributed by atoms with Gasteiger partial charge in [-0.05, 0) is 6.42 Å². The molecule has 10 heavy (non-hydrogen) atoms. The highest BCUT2D eigenvalue weighted by molar-refractivity contribution is 8.14. The number of carbonyl (C=O) groups is 1. The average Bonchev–Trinajstić information content (AvgIpc) is 2.13. The molecule has 0 aromatic rings. The molecule has 0 N–H and O–H groups in total. The van der Waals surface area contributed by atoms with Crippen LogP contribution >= 0.6 is 11.8 Å². The van der Waals surface area contributed by atoms with Crippen LogP contribution in [-0.4, -0.2) is 26.1 Å². The van der Waals surface area contributed by atoms with E-state index in [2.05, 4.69) is 0 Å². The van der Waals surface area contributed by atoms with Gasteiger partial charge in [0.2, 0.25) is 0 Å². The highest BCUT2D eigenvalue weighted by Crippen LogP contribution is 2.22. The van der Waals surface area contributed by atoms with E-state index in [4.69, 9.17) is 0 Å². The van der Waals surface area contributed by atoms with E-state index in [1.54, 1.807) is 6.92 Å². The Kier molecular flexibility index (Phi) is 2.92. The second-order valence-electron chi connectivity index (χ2n) is 2.33. The maximum absolute atomic E-state index is 10.8. The maximum Gasteiger partial charge on any atom is 0.186 e. The first kappa shape index (κ1) is 8.27. The third-order valence-electron chi connectivity index (χ3n) is 1.37. The summed E-state index contributed by atoms with van der Waals surface area (Å²) in [7, 11) is -0.642. The SMILES string of the molecule is CC(=O)S[C@H]1CCS(=O)C1. The third kappa shape index (κ3) is 2.42. The highest BCUT2D eigenvalue weighted by Gasteiger charge is 2.22. The van der Waals surface area contributed by atoms with Crippen molar-refractivity contribution in [3.63, 3.8) is 0 Å². The van der Waals surface area contributed by atoms with Gasteiger partial charge in [-0.25, -0.2) is 0 Å². The van der Waals surface area contributed by atoms with Gasteiger partial charge < -0.3 is 0 Å². The van der Waals surface area contributed by atoms with Crippen LogP contribution in [0.25, 0.3) is 0 Å². The summed E-state index contributed by atoms with van der Waals surface area (Å²) in [5.74, 6) is 1.50. The predicted molar refractivity (Wildman–Crippen MR) is 44.6 cm³/mol. The normalized spacial score (nSPS) is 32.5. The summed E-state index contributed by atoms with van der Waals surface area (Å²) in [6.45, 7) is 1.56. The second kappa shape index (κ2) is 3.53. The number of thioether (sulfide) groups is 1. The lowest BCUT2D eigenvalue weighted by Gasteiger charge is -2.01. The molecule has 2 nitrogen and oxygen atoms in total. The van der Waals surface area contributed by atoms with E-state index in [1.165, 1.54) is 11.8 Å². The Labute approximate surface area is 67.2 Å². The fraction of sp³-hybridized carbons (Fsp3) is 0.833. The second-order valence-corrected chi connectivity index (χ2v) is 5.43. The van der Waals surface area contributed by atoms with Crippen molar-refractivity contribution in [1.29, 1.82) is 0 Å². The molecule has 0 radical (unpaired) electrons. The Bertz CT molecular complexity index is 167. The first-order chi connectivity index (χ1) is 4.68. The Hall–Kier alpha value is 0.170. The molecule has 1 aliphatic heterocycles. The number of rotatable bonds is 1. The zero-order valence-electron chi connectivity index (χ0n) is 5.83. The van der Waals surface area contributed by atoms with E-state index in [0.717, 1.165) is 12.2 Å². The topological polar surface area (TPSA) is 34.1 Å². The van der Waals surface area contributed by atoms with Gasteiger partial charge in [-0.3, -0.25) is 9.00 Å². The molecule has 0 aromatic heterocycles. The van der Waals surface area contributed by atoms with Crippen molar-refractivity contribution >= 4 is 27.7 Å². The van der Waals surface area contributed by atoms with Crippen LogP contribution in [0.2, 0.25) is 0 Å². The molecule has 0 spiro atoms. The molecule has 58 valence electrons. The molecule has 1 fully saturated rings. The van der Waals surface area contributed by atoms with Gasteiger partial charge in [0.05, 0.1) is 0 Å². The van der Waals surface area contributed by atoms with Crippen molar-refractivity contribution in [2.24, 2.45) is 0 Å². The zero-order chi connectivity index (χ0) is 7.56. The highest BCUT2D eigenvalue weighted by atomic mass is 32.2. The van der Waals surface area contributed by atoms with Crippen LogP contribution in [0.3, 0.4) is 0 Å². The van der Waals surface area contributed by atoms with Gasteiger partial charge in [0.25, 0.3) is 0 Å². The van der Waals surface area contributed by atoms with Gasteiger partial charge in [0, 0.05) is 34.5 Å². The third-order valence-corrected chi connectivity index (χ3v) is 4.12. The Balaban J connectivity index is 2.31. The van der Waals surface area contributed by atoms with Gasteiger partial charge in [0.1, 0.15) is 0 Å². The van der Waals surface area contributed by atoms with Crippen LogP contribution in [0.5, 0.6) is 0 Å².